The van der Waals surface area contributed by atoms with Gasteiger partial charge in [-0.1, -0.05) is 54.6 Å². The van der Waals surface area contributed by atoms with Crippen molar-refractivity contribution in [3.8, 4) is 0 Å². The molecule has 1 aliphatic rings. The molecular weight excluding hydrogens is 260 g/mol. The number of ether oxygens (including phenoxy) is 1. The Labute approximate surface area is 125 Å². The fourth-order valence-corrected chi connectivity index (χ4v) is 2.42. The summed E-state index contributed by atoms with van der Waals surface area (Å²) in [5.74, 6) is 0.474. The van der Waals surface area contributed by atoms with Crippen LogP contribution in [0.3, 0.4) is 0 Å². The third kappa shape index (κ3) is 3.22. The van der Waals surface area contributed by atoms with Gasteiger partial charge >= 0.3 is 5.97 Å². The van der Waals surface area contributed by atoms with Crippen LogP contribution in [0.4, 0.5) is 0 Å². The van der Waals surface area contributed by atoms with E-state index >= 15 is 0 Å². The summed E-state index contributed by atoms with van der Waals surface area (Å²) < 4.78 is 4.81. The number of hydrogen-bond acceptors (Lipinski definition) is 2. The molecule has 0 aliphatic heterocycles. The van der Waals surface area contributed by atoms with Crippen LogP contribution in [0.2, 0.25) is 0 Å². The van der Waals surface area contributed by atoms with Crippen molar-refractivity contribution in [1.82, 2.24) is 0 Å². The van der Waals surface area contributed by atoms with E-state index in [0.29, 0.717) is 5.56 Å². The Kier molecular flexibility index (Phi) is 3.87. The molecule has 0 amide bonds. The van der Waals surface area contributed by atoms with Gasteiger partial charge in [0, 0.05) is 0 Å². The van der Waals surface area contributed by atoms with Gasteiger partial charge < -0.3 is 4.74 Å². The molecule has 1 fully saturated rings. The summed E-state index contributed by atoms with van der Waals surface area (Å²) >= 11 is 0. The van der Waals surface area contributed by atoms with Crippen molar-refractivity contribution in [2.75, 3.05) is 7.11 Å². The Bertz CT molecular complexity index is 664. The van der Waals surface area contributed by atoms with Gasteiger partial charge in [-0.25, -0.2) is 4.79 Å². The molecule has 0 radical (unpaired) electrons. The minimum Gasteiger partial charge on any atom is -0.465 e. The highest BCUT2D eigenvalue weighted by Crippen LogP contribution is 2.39. The number of carbonyl (C=O) groups is 1. The van der Waals surface area contributed by atoms with Crippen molar-refractivity contribution in [1.29, 1.82) is 0 Å². The third-order valence-corrected chi connectivity index (χ3v) is 3.81. The summed E-state index contributed by atoms with van der Waals surface area (Å²) in [6.07, 6.45) is 6.63. The second-order valence-electron chi connectivity index (χ2n) is 5.35. The molecule has 2 heteroatoms. The van der Waals surface area contributed by atoms with E-state index in [0.717, 1.165) is 17.0 Å². The fraction of sp³-hybridized carbons (Fsp3) is 0.211. The molecule has 3 rings (SSSR count). The zero-order valence-electron chi connectivity index (χ0n) is 12.1. The van der Waals surface area contributed by atoms with Gasteiger partial charge in [0.15, 0.2) is 0 Å². The molecular formula is C19H18O2. The zero-order chi connectivity index (χ0) is 14.7. The minimum atomic E-state index is -0.306. The lowest BCUT2D eigenvalue weighted by Gasteiger charge is -2.03. The number of methoxy groups -OCH3 is 1. The second-order valence-corrected chi connectivity index (χ2v) is 5.35. The van der Waals surface area contributed by atoms with Crippen LogP contribution in [-0.2, 0) is 4.74 Å². The smallest absolute Gasteiger partial charge is 0.338 e. The monoisotopic (exact) mass is 278 g/mol. The van der Waals surface area contributed by atoms with Gasteiger partial charge in [0.05, 0.1) is 12.7 Å². The van der Waals surface area contributed by atoms with Gasteiger partial charge in [0.25, 0.3) is 0 Å². The predicted molar refractivity (Wildman–Crippen MR) is 85.1 cm³/mol. The molecule has 1 saturated carbocycles. The van der Waals surface area contributed by atoms with Gasteiger partial charge in [-0.2, -0.15) is 0 Å². The molecule has 21 heavy (non-hydrogen) atoms. The molecule has 0 heterocycles. The topological polar surface area (TPSA) is 26.3 Å². The molecule has 0 bridgehead atoms. The summed E-state index contributed by atoms with van der Waals surface area (Å²) in [6.45, 7) is 0. The van der Waals surface area contributed by atoms with E-state index in [1.165, 1.54) is 25.5 Å². The van der Waals surface area contributed by atoms with E-state index < -0.39 is 0 Å². The SMILES string of the molecule is COC(=O)c1ccccc1C=Cc1ccc(C2CC2)cc1. The van der Waals surface area contributed by atoms with Gasteiger partial charge in [0.1, 0.15) is 0 Å². The van der Waals surface area contributed by atoms with Crippen LogP contribution < -0.4 is 0 Å². The predicted octanol–water partition coefficient (Wildman–Crippen LogP) is 4.52. The van der Waals surface area contributed by atoms with Gasteiger partial charge in [-0.3, -0.25) is 0 Å². The maximum atomic E-state index is 11.7. The first-order chi connectivity index (χ1) is 10.3. The zero-order valence-corrected chi connectivity index (χ0v) is 12.1. The first-order valence-electron chi connectivity index (χ1n) is 7.23. The van der Waals surface area contributed by atoms with Crippen LogP contribution in [0.25, 0.3) is 12.2 Å². The van der Waals surface area contributed by atoms with E-state index in [4.69, 9.17) is 4.74 Å². The van der Waals surface area contributed by atoms with Crippen molar-refractivity contribution in [2.45, 2.75) is 18.8 Å². The van der Waals surface area contributed by atoms with Crippen LogP contribution in [0.5, 0.6) is 0 Å². The van der Waals surface area contributed by atoms with Crippen LogP contribution in [0.1, 0.15) is 45.8 Å². The van der Waals surface area contributed by atoms with Crippen LogP contribution >= 0.6 is 0 Å². The van der Waals surface area contributed by atoms with Crippen LogP contribution in [-0.4, -0.2) is 13.1 Å². The first kappa shape index (κ1) is 13.6. The number of hydrogen-bond donors (Lipinski definition) is 0. The van der Waals surface area contributed by atoms with Crippen molar-refractivity contribution in [3.05, 3.63) is 70.8 Å². The molecule has 1 aliphatic carbocycles. The van der Waals surface area contributed by atoms with E-state index in [9.17, 15) is 4.79 Å². The van der Waals surface area contributed by atoms with Crippen LogP contribution in [0.15, 0.2) is 48.5 Å². The number of benzene rings is 2. The molecule has 2 aromatic rings. The van der Waals surface area contributed by atoms with E-state index in [-0.39, 0.29) is 5.97 Å². The Morgan fingerprint density at radius 2 is 1.76 bits per heavy atom. The number of rotatable bonds is 4. The minimum absolute atomic E-state index is 0.306. The number of carbonyl (C=O) groups excluding carboxylic acids is 1. The average molecular weight is 278 g/mol. The maximum absolute atomic E-state index is 11.7. The van der Waals surface area contributed by atoms with E-state index in [1.54, 1.807) is 6.07 Å². The largest absolute Gasteiger partial charge is 0.465 e. The lowest BCUT2D eigenvalue weighted by Crippen LogP contribution is -2.02. The number of esters is 1. The quantitative estimate of drug-likeness (QED) is 0.607. The Morgan fingerprint density at radius 3 is 2.43 bits per heavy atom. The Hall–Kier alpha value is -2.35. The molecule has 0 spiro atoms. The Balaban J connectivity index is 1.80. The molecule has 0 unspecified atom stereocenters. The van der Waals surface area contributed by atoms with Crippen molar-refractivity contribution in [3.63, 3.8) is 0 Å². The second kappa shape index (κ2) is 5.96. The molecule has 0 aromatic heterocycles. The lowest BCUT2D eigenvalue weighted by atomic mass is 10.0. The molecule has 0 saturated heterocycles. The molecule has 0 N–H and O–H groups in total. The molecule has 2 nitrogen and oxygen atoms in total. The summed E-state index contributed by atoms with van der Waals surface area (Å²) in [5.41, 5.74) is 4.03. The third-order valence-electron chi connectivity index (χ3n) is 3.81. The Morgan fingerprint density at radius 1 is 1.05 bits per heavy atom. The highest BCUT2D eigenvalue weighted by Gasteiger charge is 2.22. The summed E-state index contributed by atoms with van der Waals surface area (Å²) in [4.78, 5) is 11.7. The van der Waals surface area contributed by atoms with Crippen LogP contribution in [0, 0.1) is 0 Å². The lowest BCUT2D eigenvalue weighted by molar-refractivity contribution is 0.0600. The summed E-state index contributed by atoms with van der Waals surface area (Å²) in [7, 11) is 1.40. The normalized spacial score (nSPS) is 14.3. The highest BCUT2D eigenvalue weighted by molar-refractivity contribution is 5.94. The molecule has 106 valence electrons. The standard InChI is InChI=1S/C19H18O2/c1-21-19(20)18-5-3-2-4-17(18)11-8-14-6-9-15(10-7-14)16-12-13-16/h2-11,16H,12-13H2,1H3. The van der Waals surface area contributed by atoms with E-state index in [2.05, 4.69) is 24.3 Å². The fourth-order valence-electron chi connectivity index (χ4n) is 2.42. The average Bonchev–Trinajstić information content (AvgIpc) is 3.38. The van der Waals surface area contributed by atoms with Crippen molar-refractivity contribution in [2.24, 2.45) is 0 Å². The van der Waals surface area contributed by atoms with Crippen molar-refractivity contribution < 1.29 is 9.53 Å². The first-order valence-corrected chi connectivity index (χ1v) is 7.23. The van der Waals surface area contributed by atoms with Gasteiger partial charge in [-0.15, -0.1) is 0 Å². The molecule has 0 atom stereocenters. The molecule has 2 aromatic carbocycles. The highest BCUT2D eigenvalue weighted by atomic mass is 16.5. The van der Waals surface area contributed by atoms with E-state index in [1.807, 2.05) is 30.4 Å². The summed E-state index contributed by atoms with van der Waals surface area (Å²) in [5, 5.41) is 0. The summed E-state index contributed by atoms with van der Waals surface area (Å²) in [6, 6.07) is 16.1. The van der Waals surface area contributed by atoms with Gasteiger partial charge in [-0.05, 0) is 41.5 Å². The van der Waals surface area contributed by atoms with Gasteiger partial charge in [0.2, 0.25) is 0 Å². The van der Waals surface area contributed by atoms with Crippen molar-refractivity contribution >= 4 is 18.1 Å². The maximum Gasteiger partial charge on any atom is 0.338 e.